The highest BCUT2D eigenvalue weighted by Gasteiger charge is 2.40. The number of pyridine rings is 1. The molecule has 2 aromatic heterocycles. The number of piperidine rings is 2. The molecule has 0 spiro atoms. The largest absolute Gasteiger partial charge is 0.341 e. The second-order valence-electron chi connectivity index (χ2n) is 10.1. The standard InChI is InChI=1S/C26H36ClN5O3S/c1-18-15-22(27)28-19(2)23(18)24(33)30-12-8-26(3,9-13-30)31-10-5-21(6-11-31)32(25(34)29-35-4)16-20-7-14-36-17-20/h7,14-15,17,21H,5-6,8-13,16H2,1-4H3,(H,29,34). The van der Waals surface area contributed by atoms with Crippen LogP contribution in [0.4, 0.5) is 4.79 Å². The average Bonchev–Trinajstić information content (AvgIpc) is 3.36. The highest BCUT2D eigenvalue weighted by molar-refractivity contribution is 7.07. The molecule has 4 heterocycles. The Balaban J connectivity index is 1.35. The van der Waals surface area contributed by atoms with Crippen molar-refractivity contribution in [2.45, 2.75) is 64.6 Å². The molecule has 36 heavy (non-hydrogen) atoms. The van der Waals surface area contributed by atoms with Crippen LogP contribution in [0.1, 0.15) is 59.8 Å². The molecule has 0 aromatic carbocycles. The van der Waals surface area contributed by atoms with Crippen molar-refractivity contribution in [3.05, 3.63) is 50.4 Å². The number of halogens is 1. The highest BCUT2D eigenvalue weighted by Crippen LogP contribution is 2.33. The van der Waals surface area contributed by atoms with Crippen molar-refractivity contribution in [3.63, 3.8) is 0 Å². The molecule has 2 aliphatic rings. The maximum absolute atomic E-state index is 13.3. The number of aryl methyl sites for hydroxylation is 2. The summed E-state index contributed by atoms with van der Waals surface area (Å²) in [5.74, 6) is 0.0446. The second kappa shape index (κ2) is 11.5. The zero-order chi connectivity index (χ0) is 25.9. The average molecular weight is 534 g/mol. The molecular weight excluding hydrogens is 498 g/mol. The summed E-state index contributed by atoms with van der Waals surface area (Å²) in [4.78, 5) is 41.6. The molecule has 10 heteroatoms. The molecule has 8 nitrogen and oxygen atoms in total. The van der Waals surface area contributed by atoms with Gasteiger partial charge >= 0.3 is 6.03 Å². The molecule has 0 radical (unpaired) electrons. The first-order valence-electron chi connectivity index (χ1n) is 12.5. The first-order chi connectivity index (χ1) is 17.2. The molecule has 0 aliphatic carbocycles. The van der Waals surface area contributed by atoms with Crippen LogP contribution in [0.2, 0.25) is 5.15 Å². The van der Waals surface area contributed by atoms with Crippen molar-refractivity contribution >= 4 is 34.9 Å². The Kier molecular flexibility index (Phi) is 8.55. The van der Waals surface area contributed by atoms with Crippen LogP contribution in [0.5, 0.6) is 0 Å². The van der Waals surface area contributed by atoms with Crippen LogP contribution >= 0.6 is 22.9 Å². The van der Waals surface area contributed by atoms with Crippen LogP contribution in [-0.2, 0) is 11.4 Å². The number of hydroxylamine groups is 1. The molecule has 3 amide bonds. The van der Waals surface area contributed by atoms with Crippen LogP contribution in [-0.4, -0.2) is 76.5 Å². The number of likely N-dealkylation sites (tertiary alicyclic amines) is 2. The molecule has 0 atom stereocenters. The highest BCUT2D eigenvalue weighted by atomic mass is 35.5. The third-order valence-corrected chi connectivity index (χ3v) is 8.69. The number of carbonyl (C=O) groups excluding carboxylic acids is 2. The van der Waals surface area contributed by atoms with Crippen LogP contribution < -0.4 is 5.48 Å². The zero-order valence-corrected chi connectivity index (χ0v) is 23.1. The van der Waals surface area contributed by atoms with E-state index in [0.29, 0.717) is 23.0 Å². The fourth-order valence-corrected chi connectivity index (χ4v) is 6.53. The summed E-state index contributed by atoms with van der Waals surface area (Å²) >= 11 is 7.70. The summed E-state index contributed by atoms with van der Waals surface area (Å²) in [6, 6.07) is 3.79. The van der Waals surface area contributed by atoms with Gasteiger partial charge in [-0.15, -0.1) is 0 Å². The van der Waals surface area contributed by atoms with E-state index < -0.39 is 0 Å². The summed E-state index contributed by atoms with van der Waals surface area (Å²) in [5.41, 5.74) is 5.91. The zero-order valence-electron chi connectivity index (χ0n) is 21.6. The SMILES string of the molecule is CONC(=O)N(Cc1ccsc1)C1CCN(C2(C)CCN(C(=O)c3c(C)cc(Cl)nc3C)CC2)CC1. The molecular formula is C26H36ClN5O3S. The number of hydrogen-bond donors (Lipinski definition) is 1. The van der Waals surface area contributed by atoms with E-state index in [1.807, 2.05) is 29.0 Å². The first kappa shape index (κ1) is 26.9. The monoisotopic (exact) mass is 533 g/mol. The predicted molar refractivity (Wildman–Crippen MR) is 142 cm³/mol. The summed E-state index contributed by atoms with van der Waals surface area (Å²) in [5, 5.41) is 4.54. The Morgan fingerprint density at radius 2 is 1.94 bits per heavy atom. The summed E-state index contributed by atoms with van der Waals surface area (Å²) in [6.45, 7) is 9.95. The number of nitrogens with zero attached hydrogens (tertiary/aromatic N) is 4. The van der Waals surface area contributed by atoms with Gasteiger partial charge in [-0.25, -0.2) is 15.3 Å². The van der Waals surface area contributed by atoms with Gasteiger partial charge in [0.2, 0.25) is 0 Å². The molecule has 0 bridgehead atoms. The minimum absolute atomic E-state index is 0.0388. The van der Waals surface area contributed by atoms with Gasteiger partial charge in [0, 0.05) is 44.3 Å². The number of carbonyl (C=O) groups is 2. The van der Waals surface area contributed by atoms with E-state index in [0.717, 1.165) is 63.0 Å². The van der Waals surface area contributed by atoms with Crippen LogP contribution in [0, 0.1) is 13.8 Å². The lowest BCUT2D eigenvalue weighted by Gasteiger charge is -2.50. The smallest absolute Gasteiger partial charge is 0.338 e. The number of urea groups is 1. The third-order valence-electron chi connectivity index (χ3n) is 7.76. The molecule has 1 N–H and O–H groups in total. The van der Waals surface area contributed by atoms with E-state index in [2.05, 4.69) is 33.7 Å². The number of hydrogen-bond acceptors (Lipinski definition) is 6. The molecule has 0 saturated carbocycles. The maximum Gasteiger partial charge on any atom is 0.341 e. The van der Waals surface area contributed by atoms with Crippen molar-refractivity contribution in [2.75, 3.05) is 33.3 Å². The van der Waals surface area contributed by atoms with Gasteiger partial charge in [0.1, 0.15) is 5.15 Å². The topological polar surface area (TPSA) is 78.0 Å². The van der Waals surface area contributed by atoms with Gasteiger partial charge in [0.15, 0.2) is 0 Å². The Bertz CT molecular complexity index is 1040. The van der Waals surface area contributed by atoms with Gasteiger partial charge in [-0.05, 0) is 80.5 Å². The van der Waals surface area contributed by atoms with Crippen molar-refractivity contribution in [1.29, 1.82) is 0 Å². The number of rotatable bonds is 6. The summed E-state index contributed by atoms with van der Waals surface area (Å²) < 4.78 is 0. The van der Waals surface area contributed by atoms with Crippen molar-refractivity contribution in [2.24, 2.45) is 0 Å². The van der Waals surface area contributed by atoms with Gasteiger partial charge < -0.3 is 9.80 Å². The summed E-state index contributed by atoms with van der Waals surface area (Å²) in [6.07, 6.45) is 3.67. The van der Waals surface area contributed by atoms with E-state index in [1.54, 1.807) is 17.4 Å². The minimum Gasteiger partial charge on any atom is -0.338 e. The van der Waals surface area contributed by atoms with E-state index in [1.165, 1.54) is 7.11 Å². The lowest BCUT2D eigenvalue weighted by Crippen LogP contribution is -2.58. The van der Waals surface area contributed by atoms with Gasteiger partial charge in [-0.3, -0.25) is 14.5 Å². The quantitative estimate of drug-likeness (QED) is 0.432. The van der Waals surface area contributed by atoms with E-state index in [4.69, 9.17) is 16.4 Å². The van der Waals surface area contributed by atoms with Crippen LogP contribution in [0.25, 0.3) is 0 Å². The maximum atomic E-state index is 13.3. The van der Waals surface area contributed by atoms with Crippen LogP contribution in [0.15, 0.2) is 22.9 Å². The first-order valence-corrected chi connectivity index (χ1v) is 13.8. The van der Waals surface area contributed by atoms with Gasteiger partial charge in [0.25, 0.3) is 5.91 Å². The molecule has 2 fully saturated rings. The molecule has 2 aromatic rings. The normalized spacial score (nSPS) is 18.8. The Morgan fingerprint density at radius 3 is 2.53 bits per heavy atom. The third kappa shape index (κ3) is 5.85. The van der Waals surface area contributed by atoms with Gasteiger partial charge in [-0.1, -0.05) is 11.6 Å². The number of amides is 3. The van der Waals surface area contributed by atoms with E-state index in [-0.39, 0.29) is 23.5 Å². The van der Waals surface area contributed by atoms with Crippen molar-refractivity contribution in [3.8, 4) is 0 Å². The number of nitrogens with one attached hydrogen (secondary N) is 1. The molecule has 4 rings (SSSR count). The van der Waals surface area contributed by atoms with Crippen molar-refractivity contribution in [1.82, 2.24) is 25.2 Å². The number of thiophene rings is 1. The Labute approximate surface area is 222 Å². The fraction of sp³-hybridized carbons (Fsp3) is 0.577. The molecule has 0 unspecified atom stereocenters. The van der Waals surface area contributed by atoms with E-state index >= 15 is 0 Å². The molecule has 196 valence electrons. The minimum atomic E-state index is -0.192. The van der Waals surface area contributed by atoms with Gasteiger partial charge in [-0.2, -0.15) is 11.3 Å². The Hall–Kier alpha value is -2.20. The fourth-order valence-electron chi connectivity index (χ4n) is 5.58. The van der Waals surface area contributed by atoms with Gasteiger partial charge in [0.05, 0.1) is 18.4 Å². The van der Waals surface area contributed by atoms with Crippen LogP contribution in [0.3, 0.4) is 0 Å². The lowest BCUT2D eigenvalue weighted by molar-refractivity contribution is 0.00221. The van der Waals surface area contributed by atoms with Crippen molar-refractivity contribution < 1.29 is 14.4 Å². The molecule has 2 aliphatic heterocycles. The molecule has 2 saturated heterocycles. The lowest BCUT2D eigenvalue weighted by atomic mass is 9.85. The Morgan fingerprint density at radius 1 is 1.25 bits per heavy atom. The van der Waals surface area contributed by atoms with E-state index in [9.17, 15) is 9.59 Å². The predicted octanol–water partition coefficient (Wildman–Crippen LogP) is 4.65. The second-order valence-corrected chi connectivity index (χ2v) is 11.3. The summed E-state index contributed by atoms with van der Waals surface area (Å²) in [7, 11) is 1.47. The number of aromatic nitrogens is 1.